The molecule has 0 unspecified atom stereocenters. The zero-order valence-electron chi connectivity index (χ0n) is 13.9. The average molecular weight is 437 g/mol. The average Bonchev–Trinajstić information content (AvgIpc) is 2.98. The summed E-state index contributed by atoms with van der Waals surface area (Å²) in [6, 6.07) is 7.55. The van der Waals surface area contributed by atoms with Crippen LogP contribution >= 0.6 is 11.6 Å². The minimum atomic E-state index is -4.82. The molecule has 0 radical (unpaired) electrons. The molecule has 0 aliphatic heterocycles. The summed E-state index contributed by atoms with van der Waals surface area (Å²) >= 11 is 5.86. The number of alkyl halides is 3. The zero-order valence-corrected chi connectivity index (χ0v) is 15.5. The molecule has 0 saturated carbocycles. The molecule has 11 heteroatoms. The van der Waals surface area contributed by atoms with E-state index in [1.165, 1.54) is 24.3 Å². The number of hydrogen-bond donors (Lipinski definition) is 0. The van der Waals surface area contributed by atoms with Crippen LogP contribution < -0.4 is 0 Å². The molecule has 0 fully saturated rings. The van der Waals surface area contributed by atoms with Gasteiger partial charge in [0.15, 0.2) is 15.5 Å². The Morgan fingerprint density at radius 2 is 1.64 bits per heavy atom. The number of aromatic nitrogens is 2. The molecular formula is C17H10ClF5N2O2S. The Kier molecular flexibility index (Phi) is 4.96. The molecule has 0 aliphatic rings. The lowest BCUT2D eigenvalue weighted by molar-refractivity contribution is -0.141. The third-order valence-electron chi connectivity index (χ3n) is 3.72. The Morgan fingerprint density at radius 3 is 2.14 bits per heavy atom. The Hall–Kier alpha value is -2.46. The Labute approximate surface area is 161 Å². The highest BCUT2D eigenvalue weighted by molar-refractivity contribution is 7.90. The Bertz CT molecular complexity index is 1150. The SMILES string of the molecule is CS(=O)(=O)c1c(F)cc(-c2cc(C(F)(F)F)nn2-c2cccc(Cl)c2)cc1F. The van der Waals surface area contributed by atoms with Gasteiger partial charge in [0, 0.05) is 16.8 Å². The van der Waals surface area contributed by atoms with Gasteiger partial charge in [-0.1, -0.05) is 17.7 Å². The molecule has 1 aromatic heterocycles. The first kappa shape index (κ1) is 20.3. The van der Waals surface area contributed by atoms with Gasteiger partial charge in [-0.3, -0.25) is 0 Å². The van der Waals surface area contributed by atoms with E-state index in [-0.39, 0.29) is 22.0 Å². The molecule has 3 rings (SSSR count). The Morgan fingerprint density at radius 1 is 1.04 bits per heavy atom. The van der Waals surface area contributed by atoms with Crippen LogP contribution in [0.5, 0.6) is 0 Å². The largest absolute Gasteiger partial charge is 0.435 e. The lowest BCUT2D eigenvalue weighted by Gasteiger charge is -2.10. The van der Waals surface area contributed by atoms with E-state index in [0.717, 1.165) is 4.68 Å². The molecule has 2 aromatic carbocycles. The van der Waals surface area contributed by atoms with E-state index in [1.807, 2.05) is 0 Å². The first-order valence-electron chi connectivity index (χ1n) is 7.50. The van der Waals surface area contributed by atoms with E-state index < -0.39 is 38.2 Å². The number of halogens is 6. The van der Waals surface area contributed by atoms with Gasteiger partial charge in [0.2, 0.25) is 0 Å². The molecule has 0 spiro atoms. The lowest BCUT2D eigenvalue weighted by Crippen LogP contribution is -2.07. The van der Waals surface area contributed by atoms with Crippen molar-refractivity contribution in [2.45, 2.75) is 11.1 Å². The molecule has 28 heavy (non-hydrogen) atoms. The zero-order chi connectivity index (χ0) is 20.9. The molecule has 0 aliphatic carbocycles. The van der Waals surface area contributed by atoms with Crippen molar-refractivity contribution in [2.24, 2.45) is 0 Å². The number of nitrogens with zero attached hydrogens (tertiary/aromatic N) is 2. The van der Waals surface area contributed by atoms with Gasteiger partial charge >= 0.3 is 6.18 Å². The predicted octanol–water partition coefficient (Wildman–Crippen LogP) is 4.89. The predicted molar refractivity (Wildman–Crippen MR) is 92.0 cm³/mol. The van der Waals surface area contributed by atoms with E-state index in [9.17, 15) is 30.4 Å². The molecule has 0 atom stereocenters. The van der Waals surface area contributed by atoms with Gasteiger partial charge in [-0.25, -0.2) is 21.9 Å². The summed E-state index contributed by atoms with van der Waals surface area (Å²) in [5, 5.41) is 3.68. The quantitative estimate of drug-likeness (QED) is 0.549. The second-order valence-corrected chi connectivity index (χ2v) is 8.23. The van der Waals surface area contributed by atoms with Crippen molar-refractivity contribution in [3.05, 3.63) is 64.8 Å². The summed E-state index contributed by atoms with van der Waals surface area (Å²) in [5.74, 6) is -2.85. The van der Waals surface area contributed by atoms with Crippen LogP contribution in [0.2, 0.25) is 5.02 Å². The van der Waals surface area contributed by atoms with E-state index in [0.29, 0.717) is 24.5 Å². The molecule has 3 aromatic rings. The summed E-state index contributed by atoms with van der Waals surface area (Å²) in [7, 11) is -4.22. The molecule has 1 heterocycles. The fourth-order valence-electron chi connectivity index (χ4n) is 2.59. The third kappa shape index (κ3) is 3.88. The molecular weight excluding hydrogens is 427 g/mol. The normalized spacial score (nSPS) is 12.4. The molecule has 0 saturated heterocycles. The molecule has 4 nitrogen and oxygen atoms in total. The van der Waals surface area contributed by atoms with Gasteiger partial charge in [-0.05, 0) is 36.4 Å². The van der Waals surface area contributed by atoms with Crippen molar-refractivity contribution in [2.75, 3.05) is 6.26 Å². The van der Waals surface area contributed by atoms with Crippen LogP contribution in [0.1, 0.15) is 5.69 Å². The van der Waals surface area contributed by atoms with Crippen molar-refractivity contribution in [3.63, 3.8) is 0 Å². The molecule has 0 N–H and O–H groups in total. The van der Waals surface area contributed by atoms with Crippen LogP contribution in [0.4, 0.5) is 22.0 Å². The molecule has 148 valence electrons. The van der Waals surface area contributed by atoms with Crippen molar-refractivity contribution >= 4 is 21.4 Å². The van der Waals surface area contributed by atoms with Crippen LogP contribution in [0.15, 0.2) is 47.4 Å². The highest BCUT2D eigenvalue weighted by atomic mass is 35.5. The maximum Gasteiger partial charge on any atom is 0.435 e. The Balaban J connectivity index is 2.29. The van der Waals surface area contributed by atoms with Gasteiger partial charge in [0.25, 0.3) is 0 Å². The van der Waals surface area contributed by atoms with E-state index >= 15 is 0 Å². The summed E-state index contributed by atoms with van der Waals surface area (Å²) in [6.07, 6.45) is -4.20. The highest BCUT2D eigenvalue weighted by Gasteiger charge is 2.35. The van der Waals surface area contributed by atoms with E-state index in [4.69, 9.17) is 11.6 Å². The van der Waals surface area contributed by atoms with Gasteiger partial charge in [0.1, 0.15) is 16.5 Å². The first-order chi connectivity index (χ1) is 12.9. The second-order valence-electron chi connectivity index (χ2n) is 5.85. The van der Waals surface area contributed by atoms with Crippen LogP contribution in [0.25, 0.3) is 16.9 Å². The fourth-order valence-corrected chi connectivity index (χ4v) is 3.60. The van der Waals surface area contributed by atoms with Crippen molar-refractivity contribution in [1.82, 2.24) is 9.78 Å². The summed E-state index contributed by atoms with van der Waals surface area (Å²) < 4.78 is 91.8. The number of sulfone groups is 1. The minimum Gasteiger partial charge on any atom is -0.232 e. The number of hydrogen-bond acceptors (Lipinski definition) is 3. The number of benzene rings is 2. The first-order valence-corrected chi connectivity index (χ1v) is 9.77. The fraction of sp³-hybridized carbons (Fsp3) is 0.118. The maximum absolute atomic E-state index is 14.2. The monoisotopic (exact) mass is 436 g/mol. The summed E-state index contributed by atoms with van der Waals surface area (Å²) in [6.45, 7) is 0. The van der Waals surface area contributed by atoms with Gasteiger partial charge in [-0.15, -0.1) is 0 Å². The van der Waals surface area contributed by atoms with E-state index in [1.54, 1.807) is 0 Å². The summed E-state index contributed by atoms with van der Waals surface area (Å²) in [4.78, 5) is -1.17. The number of rotatable bonds is 3. The topological polar surface area (TPSA) is 52.0 Å². The third-order valence-corrected chi connectivity index (χ3v) is 5.08. The second kappa shape index (κ2) is 6.85. The van der Waals surface area contributed by atoms with Crippen molar-refractivity contribution in [1.29, 1.82) is 0 Å². The van der Waals surface area contributed by atoms with Crippen molar-refractivity contribution in [3.8, 4) is 16.9 Å². The van der Waals surface area contributed by atoms with E-state index in [2.05, 4.69) is 5.10 Å². The summed E-state index contributed by atoms with van der Waals surface area (Å²) in [5.41, 5.74) is -1.81. The highest BCUT2D eigenvalue weighted by Crippen LogP contribution is 2.35. The molecule has 0 amide bonds. The van der Waals surface area contributed by atoms with Gasteiger partial charge < -0.3 is 0 Å². The van der Waals surface area contributed by atoms with Gasteiger partial charge in [-0.2, -0.15) is 18.3 Å². The lowest BCUT2D eigenvalue weighted by atomic mass is 10.1. The van der Waals surface area contributed by atoms with Crippen LogP contribution in [-0.4, -0.2) is 24.5 Å². The smallest absolute Gasteiger partial charge is 0.232 e. The van der Waals surface area contributed by atoms with Crippen molar-refractivity contribution < 1.29 is 30.4 Å². The minimum absolute atomic E-state index is 0.117. The standard InChI is InChI=1S/C17H10ClF5N2O2S/c1-28(26,27)16-12(19)5-9(6-13(16)20)14-8-15(17(21,22)23)24-25(14)11-4-2-3-10(18)7-11/h2-8H,1H3. The van der Waals surface area contributed by atoms with Gasteiger partial charge in [0.05, 0.1) is 11.4 Å². The van der Waals surface area contributed by atoms with Crippen LogP contribution in [0, 0.1) is 11.6 Å². The molecule has 0 bridgehead atoms. The maximum atomic E-state index is 14.2. The van der Waals surface area contributed by atoms with Crippen LogP contribution in [0.3, 0.4) is 0 Å². The van der Waals surface area contributed by atoms with Crippen LogP contribution in [-0.2, 0) is 16.0 Å².